The third-order valence-corrected chi connectivity index (χ3v) is 5.92. The van der Waals surface area contributed by atoms with E-state index in [1.54, 1.807) is 0 Å². The Morgan fingerprint density at radius 2 is 2.00 bits per heavy atom. The molecule has 2 rings (SSSR count). The zero-order valence-electron chi connectivity index (χ0n) is 11.9. The molecule has 0 bridgehead atoms. The first kappa shape index (κ1) is 16.4. The number of carboxylic acid groups (broad SMARTS) is 1. The van der Waals surface area contributed by atoms with E-state index in [2.05, 4.69) is 5.32 Å². The molecule has 118 valence electrons. The lowest BCUT2D eigenvalue weighted by molar-refractivity contribution is -0.136. The van der Waals surface area contributed by atoms with Crippen LogP contribution in [0.4, 0.5) is 0 Å². The molecule has 0 aromatic carbocycles. The number of rotatable bonds is 6. The molecule has 0 amide bonds. The molecule has 2 N–H and O–H groups in total. The van der Waals surface area contributed by atoms with E-state index in [0.717, 1.165) is 22.6 Å². The van der Waals surface area contributed by atoms with Crippen molar-refractivity contribution in [3.63, 3.8) is 0 Å². The molecule has 1 aliphatic heterocycles. The Bertz CT molecular complexity index is 589. The number of thiophene rings is 1. The molecule has 0 aliphatic carbocycles. The van der Waals surface area contributed by atoms with Gasteiger partial charge >= 0.3 is 5.97 Å². The van der Waals surface area contributed by atoms with Crippen molar-refractivity contribution in [1.29, 1.82) is 0 Å². The topological polar surface area (TPSA) is 86.7 Å². The second-order valence-corrected chi connectivity index (χ2v) is 8.49. The Balaban J connectivity index is 1.77. The zero-order valence-corrected chi connectivity index (χ0v) is 13.5. The van der Waals surface area contributed by atoms with E-state index in [0.29, 0.717) is 25.7 Å². The van der Waals surface area contributed by atoms with Crippen LogP contribution in [0.3, 0.4) is 0 Å². The number of nitrogens with one attached hydrogen (secondary N) is 1. The normalized spacial score (nSPS) is 18.0. The van der Waals surface area contributed by atoms with Crippen LogP contribution >= 0.6 is 11.3 Å². The number of hydrogen-bond acceptors (Lipinski definition) is 5. The van der Waals surface area contributed by atoms with Crippen LogP contribution < -0.4 is 5.32 Å². The van der Waals surface area contributed by atoms with E-state index in [9.17, 15) is 13.2 Å². The average Bonchev–Trinajstić information content (AvgIpc) is 2.82. The van der Waals surface area contributed by atoms with Crippen LogP contribution in [0.25, 0.3) is 0 Å². The Kier molecular flexibility index (Phi) is 5.37. The predicted molar refractivity (Wildman–Crippen MR) is 81.9 cm³/mol. The van der Waals surface area contributed by atoms with Gasteiger partial charge in [-0.25, -0.2) is 12.7 Å². The Hall–Kier alpha value is -0.960. The van der Waals surface area contributed by atoms with Crippen LogP contribution in [-0.4, -0.2) is 49.2 Å². The minimum atomic E-state index is -3.07. The van der Waals surface area contributed by atoms with E-state index in [-0.39, 0.29) is 6.42 Å². The van der Waals surface area contributed by atoms with Gasteiger partial charge in [-0.3, -0.25) is 4.79 Å². The van der Waals surface area contributed by atoms with Gasteiger partial charge in [-0.05, 0) is 25.0 Å². The Labute approximate surface area is 128 Å². The molecule has 1 aliphatic rings. The van der Waals surface area contributed by atoms with E-state index >= 15 is 0 Å². The molecule has 1 aromatic rings. The van der Waals surface area contributed by atoms with Crippen molar-refractivity contribution in [3.05, 3.63) is 21.9 Å². The molecule has 2 heterocycles. The third kappa shape index (κ3) is 5.06. The molecule has 0 radical (unpaired) electrons. The minimum absolute atomic E-state index is 0.0669. The molecular weight excluding hydrogens is 312 g/mol. The van der Waals surface area contributed by atoms with Gasteiger partial charge in [-0.15, -0.1) is 11.3 Å². The summed E-state index contributed by atoms with van der Waals surface area (Å²) >= 11 is 1.50. The number of hydrogen-bond donors (Lipinski definition) is 2. The maximum Gasteiger partial charge on any atom is 0.308 e. The number of sulfonamides is 1. The van der Waals surface area contributed by atoms with Gasteiger partial charge in [0.25, 0.3) is 0 Å². The number of carbonyl (C=O) groups is 1. The smallest absolute Gasteiger partial charge is 0.308 e. The summed E-state index contributed by atoms with van der Waals surface area (Å²) in [4.78, 5) is 12.6. The van der Waals surface area contributed by atoms with Crippen molar-refractivity contribution in [2.75, 3.05) is 19.3 Å². The number of piperidine rings is 1. The predicted octanol–water partition coefficient (Wildman–Crippen LogP) is 0.889. The van der Waals surface area contributed by atoms with Gasteiger partial charge in [0.1, 0.15) is 0 Å². The quantitative estimate of drug-likeness (QED) is 0.808. The van der Waals surface area contributed by atoms with Crippen molar-refractivity contribution in [3.8, 4) is 0 Å². The van der Waals surface area contributed by atoms with E-state index in [1.807, 2.05) is 12.1 Å². The van der Waals surface area contributed by atoms with Crippen LogP contribution in [0, 0.1) is 0 Å². The molecule has 1 aromatic heterocycles. The fourth-order valence-corrected chi connectivity index (χ4v) is 4.23. The van der Waals surface area contributed by atoms with Crippen LogP contribution in [0.1, 0.15) is 22.6 Å². The fraction of sp³-hybridized carbons (Fsp3) is 0.615. The molecule has 8 heteroatoms. The van der Waals surface area contributed by atoms with Gasteiger partial charge in [0.15, 0.2) is 0 Å². The molecule has 0 spiro atoms. The van der Waals surface area contributed by atoms with E-state index in [1.165, 1.54) is 21.9 Å². The Morgan fingerprint density at radius 3 is 2.57 bits per heavy atom. The first-order chi connectivity index (χ1) is 9.84. The van der Waals surface area contributed by atoms with Gasteiger partial charge in [-0.2, -0.15) is 0 Å². The Morgan fingerprint density at radius 1 is 1.38 bits per heavy atom. The molecule has 0 atom stereocenters. The number of nitrogens with zero attached hydrogens (tertiary/aromatic N) is 1. The lowest BCUT2D eigenvalue weighted by Crippen LogP contribution is -2.44. The third-order valence-electron chi connectivity index (χ3n) is 3.53. The van der Waals surface area contributed by atoms with Crippen molar-refractivity contribution >= 4 is 27.3 Å². The highest BCUT2D eigenvalue weighted by Gasteiger charge is 2.24. The summed E-state index contributed by atoms with van der Waals surface area (Å²) in [6, 6.07) is 4.11. The molecule has 21 heavy (non-hydrogen) atoms. The molecule has 6 nitrogen and oxygen atoms in total. The molecule has 1 saturated heterocycles. The summed E-state index contributed by atoms with van der Waals surface area (Å²) in [6.07, 6.45) is 2.93. The largest absolute Gasteiger partial charge is 0.481 e. The van der Waals surface area contributed by atoms with E-state index in [4.69, 9.17) is 5.11 Å². The van der Waals surface area contributed by atoms with Crippen LogP contribution in [-0.2, 0) is 27.8 Å². The average molecular weight is 332 g/mol. The maximum absolute atomic E-state index is 11.4. The molecule has 0 saturated carbocycles. The summed E-state index contributed by atoms with van der Waals surface area (Å²) in [6.45, 7) is 1.82. The second-order valence-electron chi connectivity index (χ2n) is 5.26. The summed E-state index contributed by atoms with van der Waals surface area (Å²) in [5, 5.41) is 12.2. The van der Waals surface area contributed by atoms with Crippen LogP contribution in [0.5, 0.6) is 0 Å². The maximum atomic E-state index is 11.4. The van der Waals surface area contributed by atoms with Crippen molar-refractivity contribution in [1.82, 2.24) is 9.62 Å². The minimum Gasteiger partial charge on any atom is -0.481 e. The highest BCUT2D eigenvalue weighted by Crippen LogP contribution is 2.18. The van der Waals surface area contributed by atoms with Gasteiger partial charge in [0, 0.05) is 35.4 Å². The highest BCUT2D eigenvalue weighted by molar-refractivity contribution is 7.88. The van der Waals surface area contributed by atoms with E-state index < -0.39 is 16.0 Å². The number of aliphatic carboxylic acids is 1. The van der Waals surface area contributed by atoms with Crippen LogP contribution in [0.2, 0.25) is 0 Å². The van der Waals surface area contributed by atoms with Gasteiger partial charge in [-0.1, -0.05) is 0 Å². The van der Waals surface area contributed by atoms with Gasteiger partial charge < -0.3 is 10.4 Å². The first-order valence-corrected chi connectivity index (χ1v) is 9.49. The summed E-state index contributed by atoms with van der Waals surface area (Å²) in [5.41, 5.74) is 0. The second kappa shape index (κ2) is 6.87. The highest BCUT2D eigenvalue weighted by atomic mass is 32.2. The number of carboxylic acids is 1. The molecule has 1 fully saturated rings. The lowest BCUT2D eigenvalue weighted by Gasteiger charge is -2.30. The zero-order chi connectivity index (χ0) is 15.5. The summed E-state index contributed by atoms with van der Waals surface area (Å²) in [5.74, 6) is -0.815. The standard InChI is InChI=1S/C13H20N2O4S2/c1-21(18,19)15-6-4-10(5-7-15)14-9-12-3-2-11(20-12)8-13(16)17/h2-3,10,14H,4-9H2,1H3,(H,16,17). The summed E-state index contributed by atoms with van der Waals surface area (Å²) < 4.78 is 24.4. The van der Waals surface area contributed by atoms with Crippen molar-refractivity contribution in [2.24, 2.45) is 0 Å². The summed E-state index contributed by atoms with van der Waals surface area (Å²) in [7, 11) is -3.07. The fourth-order valence-electron chi connectivity index (χ4n) is 2.40. The van der Waals surface area contributed by atoms with Crippen LogP contribution in [0.15, 0.2) is 12.1 Å². The molecular formula is C13H20N2O4S2. The SMILES string of the molecule is CS(=O)(=O)N1CCC(NCc2ccc(CC(=O)O)s2)CC1. The van der Waals surface area contributed by atoms with Gasteiger partial charge in [0.2, 0.25) is 10.0 Å². The lowest BCUT2D eigenvalue weighted by atomic mass is 10.1. The monoisotopic (exact) mass is 332 g/mol. The molecule has 0 unspecified atom stereocenters. The first-order valence-electron chi connectivity index (χ1n) is 6.82. The van der Waals surface area contributed by atoms with Crippen molar-refractivity contribution in [2.45, 2.75) is 31.8 Å². The van der Waals surface area contributed by atoms with Gasteiger partial charge in [0.05, 0.1) is 12.7 Å². The van der Waals surface area contributed by atoms with Crippen molar-refractivity contribution < 1.29 is 18.3 Å².